The summed E-state index contributed by atoms with van der Waals surface area (Å²) in [5.74, 6) is 0.148. The van der Waals surface area contributed by atoms with Gasteiger partial charge in [-0.05, 0) is 24.5 Å². The second kappa shape index (κ2) is 7.47. The molecule has 0 saturated heterocycles. The summed E-state index contributed by atoms with van der Waals surface area (Å²) in [7, 11) is 4.02. The van der Waals surface area contributed by atoms with Crippen LogP contribution in [0.5, 0.6) is 0 Å². The molecular formula is C18H22ClN3O. The Kier molecular flexibility index (Phi) is 5.61. The minimum Gasteiger partial charge on any atom is -1.00 e. The quantitative estimate of drug-likeness (QED) is 0.676. The third-order valence-corrected chi connectivity index (χ3v) is 4.12. The van der Waals surface area contributed by atoms with Crippen LogP contribution < -0.4 is 26.8 Å². The van der Waals surface area contributed by atoms with Crippen molar-refractivity contribution in [3.05, 3.63) is 54.4 Å². The lowest BCUT2D eigenvalue weighted by atomic mass is 10.0. The lowest BCUT2D eigenvalue weighted by molar-refractivity contribution is -0.684. The molecule has 2 aromatic rings. The third-order valence-electron chi connectivity index (χ3n) is 4.12. The van der Waals surface area contributed by atoms with E-state index in [0.29, 0.717) is 6.54 Å². The summed E-state index contributed by atoms with van der Waals surface area (Å²) in [6, 6.07) is 12.3. The van der Waals surface area contributed by atoms with E-state index in [1.807, 2.05) is 71.2 Å². The van der Waals surface area contributed by atoms with E-state index in [9.17, 15) is 4.79 Å². The lowest BCUT2D eigenvalue weighted by Crippen LogP contribution is -3.00. The predicted molar refractivity (Wildman–Crippen MR) is 88.1 cm³/mol. The van der Waals surface area contributed by atoms with Gasteiger partial charge in [0.05, 0.1) is 0 Å². The number of hydrogen-bond acceptors (Lipinski definition) is 2. The first kappa shape index (κ1) is 17.3. The zero-order valence-corrected chi connectivity index (χ0v) is 14.3. The Hall–Kier alpha value is -2.07. The van der Waals surface area contributed by atoms with Crippen molar-refractivity contribution in [2.75, 3.05) is 30.4 Å². The number of nitrogens with zero attached hydrogens (tertiary/aromatic N) is 3. The van der Waals surface area contributed by atoms with Crippen molar-refractivity contribution in [2.24, 2.45) is 0 Å². The molecule has 2 heterocycles. The van der Waals surface area contributed by atoms with Crippen LogP contribution in [0.4, 0.5) is 11.4 Å². The van der Waals surface area contributed by atoms with Crippen molar-refractivity contribution in [2.45, 2.75) is 19.4 Å². The first-order valence-electron chi connectivity index (χ1n) is 7.70. The van der Waals surface area contributed by atoms with E-state index in [2.05, 4.69) is 6.07 Å². The molecule has 0 N–H and O–H groups in total. The highest BCUT2D eigenvalue weighted by atomic mass is 35.5. The zero-order chi connectivity index (χ0) is 15.5. The SMILES string of the molecule is CN(C)c1cc[n+](CC(=O)N2CCCc3ccccc32)cc1.[Cl-]. The molecule has 3 rings (SSSR count). The van der Waals surface area contributed by atoms with E-state index in [4.69, 9.17) is 0 Å². The van der Waals surface area contributed by atoms with Gasteiger partial charge in [0.15, 0.2) is 12.4 Å². The van der Waals surface area contributed by atoms with Gasteiger partial charge in [0.25, 0.3) is 5.91 Å². The number of para-hydroxylation sites is 1. The molecule has 0 spiro atoms. The van der Waals surface area contributed by atoms with Crippen molar-refractivity contribution in [3.8, 4) is 0 Å². The van der Waals surface area contributed by atoms with Crippen LogP contribution in [0.25, 0.3) is 0 Å². The van der Waals surface area contributed by atoms with E-state index in [1.165, 1.54) is 5.56 Å². The molecule has 1 amide bonds. The first-order valence-corrected chi connectivity index (χ1v) is 7.70. The average Bonchev–Trinajstić information content (AvgIpc) is 2.54. The predicted octanol–water partition coefficient (Wildman–Crippen LogP) is -0.976. The highest BCUT2D eigenvalue weighted by Gasteiger charge is 2.24. The van der Waals surface area contributed by atoms with Crippen LogP contribution in [-0.2, 0) is 17.8 Å². The lowest BCUT2D eigenvalue weighted by Gasteiger charge is -2.28. The Bertz CT molecular complexity index is 670. The number of aryl methyl sites for hydroxylation is 1. The highest BCUT2D eigenvalue weighted by molar-refractivity contribution is 5.93. The molecule has 1 aliphatic rings. The Balaban J connectivity index is 0.00000192. The van der Waals surface area contributed by atoms with Crippen molar-refractivity contribution >= 4 is 17.3 Å². The second-order valence-corrected chi connectivity index (χ2v) is 5.90. The first-order chi connectivity index (χ1) is 10.6. The maximum absolute atomic E-state index is 12.6. The number of pyridine rings is 1. The Morgan fingerprint density at radius 1 is 1.17 bits per heavy atom. The van der Waals surface area contributed by atoms with Crippen molar-refractivity contribution in [3.63, 3.8) is 0 Å². The fraction of sp³-hybridized carbons (Fsp3) is 0.333. The molecule has 5 heteroatoms. The summed E-state index contributed by atoms with van der Waals surface area (Å²) in [4.78, 5) is 16.6. The van der Waals surface area contributed by atoms with Crippen LogP contribution >= 0.6 is 0 Å². The van der Waals surface area contributed by atoms with Gasteiger partial charge < -0.3 is 22.2 Å². The number of anilines is 2. The van der Waals surface area contributed by atoms with Gasteiger partial charge in [0.2, 0.25) is 6.54 Å². The molecule has 0 aliphatic carbocycles. The molecule has 0 saturated carbocycles. The molecule has 0 unspecified atom stereocenters. The van der Waals surface area contributed by atoms with Crippen molar-refractivity contribution in [1.29, 1.82) is 0 Å². The number of benzene rings is 1. The molecule has 1 aliphatic heterocycles. The molecule has 0 bridgehead atoms. The average molecular weight is 332 g/mol. The number of carbonyl (C=O) groups is 1. The normalized spacial score (nSPS) is 13.0. The van der Waals surface area contributed by atoms with Crippen LogP contribution in [0.1, 0.15) is 12.0 Å². The van der Waals surface area contributed by atoms with E-state index in [-0.39, 0.29) is 18.3 Å². The molecular weight excluding hydrogens is 310 g/mol. The molecule has 23 heavy (non-hydrogen) atoms. The van der Waals surface area contributed by atoms with Gasteiger partial charge in [-0.15, -0.1) is 0 Å². The molecule has 1 aromatic carbocycles. The Labute approximate surface area is 143 Å². The van der Waals surface area contributed by atoms with Gasteiger partial charge in [-0.1, -0.05) is 18.2 Å². The van der Waals surface area contributed by atoms with Crippen LogP contribution in [0.2, 0.25) is 0 Å². The van der Waals surface area contributed by atoms with Gasteiger partial charge in [0.1, 0.15) is 0 Å². The topological polar surface area (TPSA) is 27.4 Å². The highest BCUT2D eigenvalue weighted by Crippen LogP contribution is 2.26. The number of aromatic nitrogens is 1. The van der Waals surface area contributed by atoms with E-state index >= 15 is 0 Å². The summed E-state index contributed by atoms with van der Waals surface area (Å²) in [5.41, 5.74) is 3.48. The maximum atomic E-state index is 12.6. The van der Waals surface area contributed by atoms with Gasteiger partial charge in [-0.3, -0.25) is 4.79 Å². The molecule has 4 nitrogen and oxygen atoms in total. The summed E-state index contributed by atoms with van der Waals surface area (Å²) in [6.07, 6.45) is 6.02. The third kappa shape index (κ3) is 3.82. The number of hydrogen-bond donors (Lipinski definition) is 0. The van der Waals surface area contributed by atoms with Crippen LogP contribution in [0.15, 0.2) is 48.8 Å². The van der Waals surface area contributed by atoms with E-state index in [0.717, 1.165) is 30.8 Å². The summed E-state index contributed by atoms with van der Waals surface area (Å²) in [6.45, 7) is 1.19. The van der Waals surface area contributed by atoms with Crippen molar-refractivity contribution in [1.82, 2.24) is 0 Å². The van der Waals surface area contributed by atoms with Gasteiger partial charge >= 0.3 is 0 Å². The number of fused-ring (bicyclic) bond motifs is 1. The molecule has 1 aromatic heterocycles. The van der Waals surface area contributed by atoms with Crippen molar-refractivity contribution < 1.29 is 21.8 Å². The minimum absolute atomic E-state index is 0. The summed E-state index contributed by atoms with van der Waals surface area (Å²) < 4.78 is 1.94. The zero-order valence-electron chi connectivity index (χ0n) is 13.6. The van der Waals surface area contributed by atoms with Gasteiger partial charge in [0, 0.05) is 44.1 Å². The second-order valence-electron chi connectivity index (χ2n) is 5.90. The fourth-order valence-electron chi connectivity index (χ4n) is 2.89. The summed E-state index contributed by atoms with van der Waals surface area (Å²) in [5, 5.41) is 0. The van der Waals surface area contributed by atoms with E-state index in [1.54, 1.807) is 0 Å². The summed E-state index contributed by atoms with van der Waals surface area (Å²) >= 11 is 0. The van der Waals surface area contributed by atoms with E-state index < -0.39 is 0 Å². The molecule has 0 atom stereocenters. The van der Waals surface area contributed by atoms with Crippen LogP contribution in [0.3, 0.4) is 0 Å². The molecule has 0 radical (unpaired) electrons. The largest absolute Gasteiger partial charge is 1.00 e. The monoisotopic (exact) mass is 331 g/mol. The standard InChI is InChI=1S/C18H22N3O.ClH/c1-19(2)16-9-12-20(13-10-16)14-18(22)21-11-5-7-15-6-3-4-8-17(15)21;/h3-4,6,8-10,12-13H,5,7,11,14H2,1-2H3;1H/q+1;/p-1. The molecule has 0 fully saturated rings. The number of amides is 1. The molecule has 122 valence electrons. The minimum atomic E-state index is 0. The fourth-order valence-corrected chi connectivity index (χ4v) is 2.89. The van der Waals surface area contributed by atoms with Gasteiger partial charge in [-0.25, -0.2) is 0 Å². The Morgan fingerprint density at radius 3 is 2.57 bits per heavy atom. The smallest absolute Gasteiger partial charge is 0.292 e. The van der Waals surface area contributed by atoms with Gasteiger partial charge in [-0.2, -0.15) is 4.57 Å². The Morgan fingerprint density at radius 2 is 1.87 bits per heavy atom. The number of rotatable bonds is 3. The number of carbonyl (C=O) groups excluding carboxylic acids is 1. The van der Waals surface area contributed by atoms with Crippen LogP contribution in [-0.4, -0.2) is 26.5 Å². The van der Waals surface area contributed by atoms with Crippen LogP contribution in [0, 0.1) is 0 Å². The number of halogens is 1. The maximum Gasteiger partial charge on any atom is 0.292 e.